The van der Waals surface area contributed by atoms with E-state index >= 15 is 0 Å². The van der Waals surface area contributed by atoms with Gasteiger partial charge in [-0.1, -0.05) is 40.2 Å². The molecule has 1 heterocycles. The molecule has 0 bridgehead atoms. The van der Waals surface area contributed by atoms with Crippen LogP contribution in [0.4, 0.5) is 0 Å². The van der Waals surface area contributed by atoms with Crippen molar-refractivity contribution in [2.24, 2.45) is 11.7 Å². The molecule has 0 aliphatic rings. The van der Waals surface area contributed by atoms with Crippen molar-refractivity contribution < 1.29 is 4.79 Å². The molecular formula is C14H24N2OS. The van der Waals surface area contributed by atoms with Gasteiger partial charge in [-0.05, 0) is 17.4 Å². The molecule has 0 aromatic carbocycles. The van der Waals surface area contributed by atoms with Crippen molar-refractivity contribution in [3.63, 3.8) is 0 Å². The lowest BCUT2D eigenvalue weighted by molar-refractivity contribution is -0.123. The van der Waals surface area contributed by atoms with Crippen LogP contribution in [0.1, 0.15) is 39.0 Å². The second kappa shape index (κ2) is 6.34. The van der Waals surface area contributed by atoms with Gasteiger partial charge in [-0.2, -0.15) is 0 Å². The van der Waals surface area contributed by atoms with Crippen molar-refractivity contribution in [1.82, 2.24) is 5.32 Å². The van der Waals surface area contributed by atoms with Crippen molar-refractivity contribution in [3.05, 3.63) is 22.4 Å². The van der Waals surface area contributed by atoms with E-state index in [0.29, 0.717) is 6.54 Å². The minimum absolute atomic E-state index is 0.0427. The van der Waals surface area contributed by atoms with E-state index in [2.05, 4.69) is 30.6 Å². The van der Waals surface area contributed by atoms with E-state index in [4.69, 9.17) is 5.73 Å². The Morgan fingerprint density at radius 1 is 1.56 bits per heavy atom. The average molecular weight is 268 g/mol. The Morgan fingerprint density at radius 3 is 2.72 bits per heavy atom. The lowest BCUT2D eigenvalue weighted by Crippen LogP contribution is -2.47. The van der Waals surface area contributed by atoms with E-state index in [-0.39, 0.29) is 17.2 Å². The summed E-state index contributed by atoms with van der Waals surface area (Å²) in [6.45, 7) is 8.94. The summed E-state index contributed by atoms with van der Waals surface area (Å²) in [6, 6.07) is 3.73. The molecule has 4 heteroatoms. The van der Waals surface area contributed by atoms with Gasteiger partial charge in [0.25, 0.3) is 0 Å². The average Bonchev–Trinajstić information content (AvgIpc) is 2.88. The second-order valence-corrected chi connectivity index (χ2v) is 6.44. The number of hydrogen-bond acceptors (Lipinski definition) is 3. The summed E-state index contributed by atoms with van der Waals surface area (Å²) in [5.41, 5.74) is 5.87. The molecule has 0 radical (unpaired) electrons. The quantitative estimate of drug-likeness (QED) is 0.833. The van der Waals surface area contributed by atoms with Crippen LogP contribution in [0.15, 0.2) is 17.5 Å². The maximum Gasteiger partial charge on any atom is 0.237 e. The number of nitrogens with two attached hydrogens (primary N) is 1. The van der Waals surface area contributed by atoms with Crippen LogP contribution >= 0.6 is 11.3 Å². The van der Waals surface area contributed by atoms with Crippen molar-refractivity contribution in [1.29, 1.82) is 0 Å². The van der Waals surface area contributed by atoms with Crippen LogP contribution in [0, 0.1) is 5.92 Å². The lowest BCUT2D eigenvalue weighted by atomic mass is 9.91. The number of nitrogens with one attached hydrogen (secondary N) is 1. The fourth-order valence-electron chi connectivity index (χ4n) is 1.69. The fourth-order valence-corrected chi connectivity index (χ4v) is 2.54. The number of hydrogen-bond donors (Lipinski definition) is 2. The van der Waals surface area contributed by atoms with Gasteiger partial charge in [-0.25, -0.2) is 0 Å². The predicted molar refractivity (Wildman–Crippen MR) is 77.8 cm³/mol. The Kier molecular flexibility index (Phi) is 5.35. The van der Waals surface area contributed by atoms with Gasteiger partial charge in [-0.15, -0.1) is 11.3 Å². The van der Waals surface area contributed by atoms with Gasteiger partial charge >= 0.3 is 0 Å². The molecule has 1 aromatic heterocycles. The largest absolute Gasteiger partial charge is 0.354 e. The molecule has 1 aromatic rings. The number of carbonyl (C=O) groups excluding carboxylic acids is 1. The zero-order chi connectivity index (χ0) is 13.8. The molecule has 2 atom stereocenters. The summed E-state index contributed by atoms with van der Waals surface area (Å²) < 4.78 is 0. The van der Waals surface area contributed by atoms with E-state index in [0.717, 1.165) is 6.42 Å². The zero-order valence-electron chi connectivity index (χ0n) is 11.7. The van der Waals surface area contributed by atoms with E-state index < -0.39 is 6.04 Å². The maximum absolute atomic E-state index is 11.9. The van der Waals surface area contributed by atoms with Crippen molar-refractivity contribution >= 4 is 17.2 Å². The first kappa shape index (κ1) is 15.2. The third kappa shape index (κ3) is 3.82. The Bertz CT molecular complexity index is 373. The Hall–Kier alpha value is -0.870. The number of amides is 1. The highest BCUT2D eigenvalue weighted by molar-refractivity contribution is 7.10. The van der Waals surface area contributed by atoms with Gasteiger partial charge in [0.2, 0.25) is 5.91 Å². The molecule has 102 valence electrons. The van der Waals surface area contributed by atoms with Gasteiger partial charge in [0.05, 0.1) is 6.04 Å². The Labute approximate surface area is 114 Å². The molecule has 1 amide bonds. The SMILES string of the molecule is CCC(C)[C@H](N)C(=O)NCC(C)(C)c1cccs1. The van der Waals surface area contributed by atoms with Crippen LogP contribution in [-0.4, -0.2) is 18.5 Å². The fraction of sp³-hybridized carbons (Fsp3) is 0.643. The molecule has 0 spiro atoms. The molecule has 0 aliphatic heterocycles. The maximum atomic E-state index is 11.9. The summed E-state index contributed by atoms with van der Waals surface area (Å²) in [7, 11) is 0. The van der Waals surface area contributed by atoms with Crippen LogP contribution in [0.25, 0.3) is 0 Å². The number of carbonyl (C=O) groups is 1. The second-order valence-electron chi connectivity index (χ2n) is 5.49. The summed E-state index contributed by atoms with van der Waals surface area (Å²) in [6.07, 6.45) is 0.920. The predicted octanol–water partition coefficient (Wildman–Crippen LogP) is 2.52. The van der Waals surface area contributed by atoms with Crippen molar-refractivity contribution in [3.8, 4) is 0 Å². The molecule has 1 rings (SSSR count). The third-order valence-electron chi connectivity index (χ3n) is 3.45. The normalized spacial score (nSPS) is 15.2. The summed E-state index contributed by atoms with van der Waals surface area (Å²) in [5, 5.41) is 5.03. The molecule has 0 saturated carbocycles. The standard InChI is InChI=1S/C14H24N2OS/c1-5-10(2)12(15)13(17)16-9-14(3,4)11-7-6-8-18-11/h6-8,10,12H,5,9,15H2,1-4H3,(H,16,17)/t10?,12-/m0/s1. The van der Waals surface area contributed by atoms with E-state index in [9.17, 15) is 4.79 Å². The molecule has 0 aliphatic carbocycles. The first-order chi connectivity index (χ1) is 8.38. The van der Waals surface area contributed by atoms with Crippen LogP contribution in [0.3, 0.4) is 0 Å². The molecule has 3 N–H and O–H groups in total. The summed E-state index contributed by atoms with van der Waals surface area (Å²) in [5.74, 6) is 0.170. The van der Waals surface area contributed by atoms with Crippen molar-refractivity contribution in [2.45, 2.75) is 45.6 Å². The number of thiophene rings is 1. The first-order valence-corrected chi connectivity index (χ1v) is 7.33. The summed E-state index contributed by atoms with van der Waals surface area (Å²) >= 11 is 1.72. The van der Waals surface area contributed by atoms with Gasteiger partial charge in [0.1, 0.15) is 0 Å². The van der Waals surface area contributed by atoms with E-state index in [1.807, 2.05) is 19.9 Å². The molecular weight excluding hydrogens is 244 g/mol. The van der Waals surface area contributed by atoms with Gasteiger partial charge in [0, 0.05) is 16.8 Å². The molecule has 1 unspecified atom stereocenters. The number of rotatable bonds is 6. The molecule has 3 nitrogen and oxygen atoms in total. The summed E-state index contributed by atoms with van der Waals surface area (Å²) in [4.78, 5) is 13.2. The minimum atomic E-state index is -0.408. The zero-order valence-corrected chi connectivity index (χ0v) is 12.5. The van der Waals surface area contributed by atoms with E-state index in [1.54, 1.807) is 11.3 Å². The van der Waals surface area contributed by atoms with Gasteiger partial charge in [-0.3, -0.25) is 4.79 Å². The Morgan fingerprint density at radius 2 is 2.22 bits per heavy atom. The monoisotopic (exact) mass is 268 g/mol. The Balaban J connectivity index is 2.52. The van der Waals surface area contributed by atoms with Crippen LogP contribution in [-0.2, 0) is 10.2 Å². The smallest absolute Gasteiger partial charge is 0.237 e. The third-order valence-corrected chi connectivity index (χ3v) is 4.69. The first-order valence-electron chi connectivity index (χ1n) is 6.45. The van der Waals surface area contributed by atoms with E-state index in [1.165, 1.54) is 4.88 Å². The molecule has 18 heavy (non-hydrogen) atoms. The molecule has 0 fully saturated rings. The lowest BCUT2D eigenvalue weighted by Gasteiger charge is -2.25. The van der Waals surface area contributed by atoms with Crippen molar-refractivity contribution in [2.75, 3.05) is 6.54 Å². The minimum Gasteiger partial charge on any atom is -0.354 e. The van der Waals surface area contributed by atoms with Gasteiger partial charge < -0.3 is 11.1 Å². The van der Waals surface area contributed by atoms with Crippen LogP contribution in [0.5, 0.6) is 0 Å². The molecule has 0 saturated heterocycles. The topological polar surface area (TPSA) is 55.1 Å². The van der Waals surface area contributed by atoms with Gasteiger partial charge in [0.15, 0.2) is 0 Å². The van der Waals surface area contributed by atoms with Crippen LogP contribution < -0.4 is 11.1 Å². The van der Waals surface area contributed by atoms with Crippen LogP contribution in [0.2, 0.25) is 0 Å². The highest BCUT2D eigenvalue weighted by atomic mass is 32.1. The highest BCUT2D eigenvalue weighted by Gasteiger charge is 2.25. The highest BCUT2D eigenvalue weighted by Crippen LogP contribution is 2.26.